The highest BCUT2D eigenvalue weighted by molar-refractivity contribution is 6.31. The fraction of sp³-hybridized carbons (Fsp3) is 0.280. The summed E-state index contributed by atoms with van der Waals surface area (Å²) in [6, 6.07) is 9.61. The lowest BCUT2D eigenvalue weighted by molar-refractivity contribution is -0.121. The van der Waals surface area contributed by atoms with Gasteiger partial charge in [0.25, 0.3) is 0 Å². The smallest absolute Gasteiger partial charge is 0.412 e. The number of ether oxygens (including phenoxy) is 1. The molecule has 12 heteroatoms. The van der Waals surface area contributed by atoms with E-state index in [-0.39, 0.29) is 36.4 Å². The zero-order chi connectivity index (χ0) is 26.6. The average molecular weight is 534 g/mol. The highest BCUT2D eigenvalue weighted by atomic mass is 35.5. The molecule has 37 heavy (non-hydrogen) atoms. The Kier molecular flexibility index (Phi) is 10.5. The number of carbonyl (C=O) groups excluding carboxylic acids is 3. The fourth-order valence-corrected chi connectivity index (χ4v) is 3.67. The van der Waals surface area contributed by atoms with Gasteiger partial charge in [-0.2, -0.15) is 0 Å². The van der Waals surface area contributed by atoms with Crippen LogP contribution in [0.2, 0.25) is 5.02 Å². The van der Waals surface area contributed by atoms with Crippen LogP contribution in [0.25, 0.3) is 10.8 Å². The first-order chi connectivity index (χ1) is 17.9. The van der Waals surface area contributed by atoms with Gasteiger partial charge in [-0.15, -0.1) is 0 Å². The second-order valence-electron chi connectivity index (χ2n) is 8.08. The molecule has 0 aliphatic carbocycles. The van der Waals surface area contributed by atoms with E-state index in [1.807, 2.05) is 0 Å². The molecule has 0 aliphatic rings. The molecule has 2 aromatic carbocycles. The topological polar surface area (TPSA) is 121 Å². The summed E-state index contributed by atoms with van der Waals surface area (Å²) in [4.78, 5) is 39.3. The van der Waals surface area contributed by atoms with E-state index in [1.165, 1.54) is 36.5 Å². The molecule has 1 atom stereocenters. The molecule has 0 unspecified atom stereocenters. The summed E-state index contributed by atoms with van der Waals surface area (Å²) in [7, 11) is 0. The van der Waals surface area contributed by atoms with Crippen LogP contribution in [-0.2, 0) is 20.9 Å². The number of rotatable bonds is 13. The third-order valence-corrected chi connectivity index (χ3v) is 5.71. The Labute approximate surface area is 216 Å². The number of carbonyl (C=O) groups is 3. The van der Waals surface area contributed by atoms with Crippen molar-refractivity contribution in [3.8, 4) is 0 Å². The summed E-state index contributed by atoms with van der Waals surface area (Å²) >= 11 is 5.92. The van der Waals surface area contributed by atoms with Crippen LogP contribution < -0.4 is 21.3 Å². The van der Waals surface area contributed by atoms with Crippen molar-refractivity contribution in [2.24, 2.45) is 0 Å². The van der Waals surface area contributed by atoms with Gasteiger partial charge in [0.1, 0.15) is 24.1 Å². The molecule has 3 aromatic rings. The van der Waals surface area contributed by atoms with Gasteiger partial charge < -0.3 is 20.7 Å². The van der Waals surface area contributed by atoms with Gasteiger partial charge >= 0.3 is 6.09 Å². The maximum Gasteiger partial charge on any atom is 0.412 e. The van der Waals surface area contributed by atoms with Crippen molar-refractivity contribution < 1.29 is 27.9 Å². The van der Waals surface area contributed by atoms with Gasteiger partial charge in [-0.3, -0.25) is 14.9 Å². The zero-order valence-corrected chi connectivity index (χ0v) is 20.5. The Bertz CT molecular complexity index is 1250. The Balaban J connectivity index is 1.50. The fourth-order valence-electron chi connectivity index (χ4n) is 3.48. The lowest BCUT2D eigenvalue weighted by Gasteiger charge is -2.19. The Morgan fingerprint density at radius 2 is 1.97 bits per heavy atom. The van der Waals surface area contributed by atoms with Crippen molar-refractivity contribution >= 4 is 46.6 Å². The second kappa shape index (κ2) is 14.0. The maximum atomic E-state index is 13.6. The lowest BCUT2D eigenvalue weighted by Crippen LogP contribution is -2.43. The van der Waals surface area contributed by atoms with Crippen molar-refractivity contribution in [3.63, 3.8) is 0 Å². The minimum Gasteiger partial charge on any atom is -0.447 e. The molecule has 0 radical (unpaired) electrons. The third-order valence-electron chi connectivity index (χ3n) is 5.28. The largest absolute Gasteiger partial charge is 0.447 e. The standard InChI is InChI=1S/C25H26ClF2N5O4/c26-24-17(3-1-5-21(24)28)11-30-13-23(35)32-20(4-2-8-29-15-34)14-37-25(36)33-22-10-18-9-19(27)7-6-16(18)12-31-22/h1,3,5-7,9-10,12,15,20,30H,2,4,8,11,13-14H2,(H,29,34)(H,32,35)(H,31,33,36)/t20-/m0/s1. The number of amides is 3. The van der Waals surface area contributed by atoms with Crippen molar-refractivity contribution in [2.75, 3.05) is 25.0 Å². The van der Waals surface area contributed by atoms with Crippen LogP contribution >= 0.6 is 11.6 Å². The molecule has 0 bridgehead atoms. The van der Waals surface area contributed by atoms with Crippen molar-refractivity contribution in [3.05, 3.63) is 70.9 Å². The molecular formula is C25H26ClF2N5O4. The number of fused-ring (bicyclic) bond motifs is 1. The predicted octanol–water partition coefficient (Wildman–Crippen LogP) is 3.52. The van der Waals surface area contributed by atoms with E-state index in [2.05, 4.69) is 26.3 Å². The van der Waals surface area contributed by atoms with Crippen molar-refractivity contribution in [1.29, 1.82) is 0 Å². The molecule has 0 saturated carbocycles. The molecule has 9 nitrogen and oxygen atoms in total. The van der Waals surface area contributed by atoms with Gasteiger partial charge in [0.15, 0.2) is 0 Å². The predicted molar refractivity (Wildman–Crippen MR) is 135 cm³/mol. The summed E-state index contributed by atoms with van der Waals surface area (Å²) < 4.78 is 32.3. The minimum atomic E-state index is -0.799. The molecule has 0 aliphatic heterocycles. The molecule has 3 rings (SSSR count). The molecule has 0 saturated heterocycles. The summed E-state index contributed by atoms with van der Waals surface area (Å²) in [6.07, 6.45) is 2.22. The van der Waals surface area contributed by atoms with Gasteiger partial charge in [-0.25, -0.2) is 18.6 Å². The third kappa shape index (κ3) is 8.96. The van der Waals surface area contributed by atoms with Crippen LogP contribution in [0.3, 0.4) is 0 Å². The molecular weight excluding hydrogens is 508 g/mol. The van der Waals surface area contributed by atoms with Gasteiger partial charge in [-0.05, 0) is 54.1 Å². The van der Waals surface area contributed by atoms with Gasteiger partial charge in [-0.1, -0.05) is 23.7 Å². The first kappa shape index (κ1) is 27.8. The number of nitrogens with zero attached hydrogens (tertiary/aromatic N) is 1. The molecule has 0 fully saturated rings. The summed E-state index contributed by atoms with van der Waals surface area (Å²) in [5.74, 6) is -1.15. The van der Waals surface area contributed by atoms with E-state index < -0.39 is 23.8 Å². The van der Waals surface area contributed by atoms with E-state index in [9.17, 15) is 23.2 Å². The first-order valence-electron chi connectivity index (χ1n) is 11.4. The normalized spacial score (nSPS) is 11.5. The van der Waals surface area contributed by atoms with Gasteiger partial charge in [0.05, 0.1) is 17.6 Å². The van der Waals surface area contributed by atoms with Crippen LogP contribution in [0, 0.1) is 11.6 Å². The number of pyridine rings is 1. The molecule has 4 N–H and O–H groups in total. The average Bonchev–Trinajstić information content (AvgIpc) is 2.87. The summed E-state index contributed by atoms with van der Waals surface area (Å²) in [6.45, 7) is 0.339. The maximum absolute atomic E-state index is 13.6. The number of aromatic nitrogens is 1. The van der Waals surface area contributed by atoms with E-state index >= 15 is 0 Å². The monoisotopic (exact) mass is 533 g/mol. The Hall–Kier alpha value is -3.83. The number of halogens is 3. The van der Waals surface area contributed by atoms with Crippen LogP contribution in [-0.4, -0.2) is 49.1 Å². The molecule has 1 aromatic heterocycles. The lowest BCUT2D eigenvalue weighted by atomic mass is 10.1. The van der Waals surface area contributed by atoms with Crippen LogP contribution in [0.5, 0.6) is 0 Å². The van der Waals surface area contributed by atoms with E-state index in [4.69, 9.17) is 16.3 Å². The van der Waals surface area contributed by atoms with Crippen molar-refractivity contribution in [1.82, 2.24) is 20.9 Å². The summed E-state index contributed by atoms with van der Waals surface area (Å²) in [5, 5.41) is 11.9. The molecule has 3 amide bonds. The van der Waals surface area contributed by atoms with E-state index in [0.29, 0.717) is 42.1 Å². The number of anilines is 1. The number of hydrogen-bond acceptors (Lipinski definition) is 6. The zero-order valence-electron chi connectivity index (χ0n) is 19.7. The number of nitrogens with one attached hydrogen (secondary N) is 4. The van der Waals surface area contributed by atoms with Crippen LogP contribution in [0.1, 0.15) is 18.4 Å². The minimum absolute atomic E-state index is 0.0126. The highest BCUT2D eigenvalue weighted by Crippen LogP contribution is 2.19. The SMILES string of the molecule is O=CNCCC[C@@H](COC(=O)Nc1cc2cc(F)ccc2cn1)NC(=O)CNCc1cccc(F)c1Cl. The Morgan fingerprint density at radius 1 is 1.14 bits per heavy atom. The molecule has 0 spiro atoms. The number of benzene rings is 2. The molecule has 1 heterocycles. The molecule has 196 valence electrons. The van der Waals surface area contributed by atoms with E-state index in [1.54, 1.807) is 12.1 Å². The van der Waals surface area contributed by atoms with Crippen LogP contribution in [0.4, 0.5) is 19.4 Å². The summed E-state index contributed by atoms with van der Waals surface area (Å²) in [5.41, 5.74) is 0.510. The second-order valence-corrected chi connectivity index (χ2v) is 8.46. The van der Waals surface area contributed by atoms with E-state index in [0.717, 1.165) is 0 Å². The highest BCUT2D eigenvalue weighted by Gasteiger charge is 2.16. The van der Waals surface area contributed by atoms with Crippen LogP contribution in [0.15, 0.2) is 48.7 Å². The van der Waals surface area contributed by atoms with Gasteiger partial charge in [0.2, 0.25) is 12.3 Å². The quantitative estimate of drug-likeness (QED) is 0.197. The number of hydrogen-bond donors (Lipinski definition) is 4. The Morgan fingerprint density at radius 3 is 2.78 bits per heavy atom. The van der Waals surface area contributed by atoms with Crippen molar-refractivity contribution in [2.45, 2.75) is 25.4 Å². The van der Waals surface area contributed by atoms with Gasteiger partial charge in [0, 0.05) is 24.7 Å². The first-order valence-corrected chi connectivity index (χ1v) is 11.8.